The molecule has 48 heavy (non-hydrogen) atoms. The minimum absolute atomic E-state index is 0.167. The lowest BCUT2D eigenvalue weighted by molar-refractivity contribution is -0.143. The molecule has 0 spiro atoms. The molecular weight excluding hydrogens is 620 g/mol. The molecule has 4 aromatic rings. The van der Waals surface area contributed by atoms with E-state index in [1.54, 1.807) is 73.3 Å². The molecule has 0 radical (unpaired) electrons. The molecule has 0 unspecified atom stereocenters. The van der Waals surface area contributed by atoms with Crippen molar-refractivity contribution in [2.45, 2.75) is 44.9 Å². The Kier molecular flexibility index (Phi) is 11.6. The molecule has 2 amide bonds. The van der Waals surface area contributed by atoms with E-state index in [4.69, 9.17) is 0 Å². The van der Waals surface area contributed by atoms with Crippen LogP contribution in [0, 0.1) is 11.6 Å². The van der Waals surface area contributed by atoms with E-state index < -0.39 is 35.7 Å². The van der Waals surface area contributed by atoms with E-state index in [-0.39, 0.29) is 30.5 Å². The zero-order valence-corrected chi connectivity index (χ0v) is 27.4. The monoisotopic (exact) mass is 659 g/mol. The molecule has 4 rings (SSSR count). The fourth-order valence-electron chi connectivity index (χ4n) is 5.43. The number of amides is 2. The Morgan fingerprint density at radius 2 is 1.50 bits per heavy atom. The smallest absolute Gasteiger partial charge is 0.308 e. The molecule has 3 aromatic carbocycles. The number of aliphatic hydroxyl groups excluding tert-OH is 2. The van der Waals surface area contributed by atoms with Crippen molar-refractivity contribution in [2.24, 2.45) is 0 Å². The molecule has 0 bridgehead atoms. The number of hydrogen-bond donors (Lipinski definition) is 3. The van der Waals surface area contributed by atoms with E-state index >= 15 is 0 Å². The number of aliphatic hydroxyl groups is 2. The van der Waals surface area contributed by atoms with Gasteiger partial charge in [-0.25, -0.2) is 8.78 Å². The second kappa shape index (κ2) is 15.6. The summed E-state index contributed by atoms with van der Waals surface area (Å²) in [5, 5.41) is 24.0. The minimum Gasteiger partial charge on any atom is -0.469 e. The first-order chi connectivity index (χ1) is 22.8. The summed E-state index contributed by atoms with van der Waals surface area (Å²) in [6.45, 7) is 3.73. The average Bonchev–Trinajstić information content (AvgIpc) is 3.39. The molecule has 1 aromatic heterocycles. The standard InChI is InChI=1S/C37H39F2N3O6/c1-22(2)42-31(18-17-29(43)20-30(44)21-32(45)48-5)33(23-9-13-26(38)14-10-23)34(24-11-15-27(39)16-12-24)35(42)36(46)40-28-8-6-7-25(19-28)37(47)41(3)4/h6-19,22,29-30,43-44H,20-21H2,1-5H3,(H,40,46)/b18-17-/t29-,30-/m1/s1. The molecule has 0 aliphatic carbocycles. The van der Waals surface area contributed by atoms with Gasteiger partial charge in [-0.1, -0.05) is 36.4 Å². The number of esters is 1. The van der Waals surface area contributed by atoms with Gasteiger partial charge >= 0.3 is 5.97 Å². The predicted molar refractivity (Wildman–Crippen MR) is 180 cm³/mol. The van der Waals surface area contributed by atoms with Gasteiger partial charge in [0.2, 0.25) is 0 Å². The molecule has 3 N–H and O–H groups in total. The number of halogens is 2. The zero-order valence-electron chi connectivity index (χ0n) is 27.4. The summed E-state index contributed by atoms with van der Waals surface area (Å²) in [5.74, 6) is -2.35. The highest BCUT2D eigenvalue weighted by Gasteiger charge is 2.30. The number of benzene rings is 3. The van der Waals surface area contributed by atoms with Gasteiger partial charge < -0.3 is 29.7 Å². The maximum absolute atomic E-state index is 14.4. The number of nitrogens with zero attached hydrogens (tertiary/aromatic N) is 2. The van der Waals surface area contributed by atoms with Gasteiger partial charge in [-0.2, -0.15) is 0 Å². The van der Waals surface area contributed by atoms with E-state index in [1.165, 1.54) is 42.4 Å². The Labute approximate surface area is 278 Å². The Morgan fingerprint density at radius 1 is 0.917 bits per heavy atom. The highest BCUT2D eigenvalue weighted by molar-refractivity contribution is 6.12. The van der Waals surface area contributed by atoms with Gasteiger partial charge in [0.15, 0.2) is 0 Å². The third-order valence-electron chi connectivity index (χ3n) is 7.63. The van der Waals surface area contributed by atoms with Crippen molar-refractivity contribution < 1.29 is 38.1 Å². The lowest BCUT2D eigenvalue weighted by Gasteiger charge is -2.18. The molecule has 0 fully saturated rings. The molecule has 11 heteroatoms. The van der Waals surface area contributed by atoms with Crippen LogP contribution in [0.25, 0.3) is 28.3 Å². The van der Waals surface area contributed by atoms with Gasteiger partial charge in [0.1, 0.15) is 17.3 Å². The Hall–Kier alpha value is -5.13. The third-order valence-corrected chi connectivity index (χ3v) is 7.63. The van der Waals surface area contributed by atoms with E-state index in [1.807, 2.05) is 13.8 Å². The summed E-state index contributed by atoms with van der Waals surface area (Å²) in [6.07, 6.45) is 0.217. The number of methoxy groups -OCH3 is 1. The number of rotatable bonds is 12. The van der Waals surface area contributed by atoms with E-state index in [2.05, 4.69) is 10.1 Å². The fraction of sp³-hybridized carbons (Fsp3) is 0.270. The van der Waals surface area contributed by atoms with Crippen LogP contribution in [0.2, 0.25) is 0 Å². The summed E-state index contributed by atoms with van der Waals surface area (Å²) in [6, 6.07) is 17.5. The largest absolute Gasteiger partial charge is 0.469 e. The average molecular weight is 660 g/mol. The molecule has 9 nitrogen and oxygen atoms in total. The Balaban J connectivity index is 1.94. The van der Waals surface area contributed by atoms with Gasteiger partial charge in [-0.3, -0.25) is 14.4 Å². The van der Waals surface area contributed by atoms with Crippen LogP contribution >= 0.6 is 0 Å². The van der Waals surface area contributed by atoms with Crippen LogP contribution in [-0.4, -0.2) is 70.9 Å². The molecule has 1 heterocycles. The molecule has 0 saturated heterocycles. The maximum atomic E-state index is 14.4. The van der Waals surface area contributed by atoms with Crippen molar-refractivity contribution in [2.75, 3.05) is 26.5 Å². The van der Waals surface area contributed by atoms with Crippen LogP contribution in [0.5, 0.6) is 0 Å². The van der Waals surface area contributed by atoms with Crippen molar-refractivity contribution in [1.29, 1.82) is 0 Å². The molecule has 252 valence electrons. The quantitative estimate of drug-likeness (QED) is 0.153. The van der Waals surface area contributed by atoms with Crippen LogP contribution in [-0.2, 0) is 9.53 Å². The topological polar surface area (TPSA) is 121 Å². The Morgan fingerprint density at radius 3 is 2.04 bits per heavy atom. The first kappa shape index (κ1) is 35.7. The second-order valence-corrected chi connectivity index (χ2v) is 11.8. The number of nitrogens with one attached hydrogen (secondary N) is 1. The lowest BCUT2D eigenvalue weighted by atomic mass is 9.94. The molecular formula is C37H39F2N3O6. The van der Waals surface area contributed by atoms with Gasteiger partial charge in [0.05, 0.1) is 25.7 Å². The van der Waals surface area contributed by atoms with Crippen LogP contribution in [0.4, 0.5) is 14.5 Å². The molecule has 2 atom stereocenters. The predicted octanol–water partition coefficient (Wildman–Crippen LogP) is 6.32. The van der Waals surface area contributed by atoms with Crippen LogP contribution < -0.4 is 5.32 Å². The number of ether oxygens (including phenoxy) is 1. The number of hydrogen-bond acceptors (Lipinski definition) is 6. The maximum Gasteiger partial charge on any atom is 0.308 e. The summed E-state index contributed by atoms with van der Waals surface area (Å²) >= 11 is 0. The van der Waals surface area contributed by atoms with Crippen LogP contribution in [0.1, 0.15) is 59.3 Å². The van der Waals surface area contributed by atoms with E-state index in [0.29, 0.717) is 39.2 Å². The van der Waals surface area contributed by atoms with Crippen molar-refractivity contribution in [3.05, 3.63) is 107 Å². The van der Waals surface area contributed by atoms with Crippen LogP contribution in [0.15, 0.2) is 78.9 Å². The first-order valence-corrected chi connectivity index (χ1v) is 15.3. The fourth-order valence-corrected chi connectivity index (χ4v) is 5.43. The zero-order chi connectivity index (χ0) is 35.1. The molecule has 0 saturated carbocycles. The summed E-state index contributed by atoms with van der Waals surface area (Å²) < 4.78 is 34.7. The van der Waals surface area contributed by atoms with E-state index in [0.717, 1.165) is 0 Å². The summed E-state index contributed by atoms with van der Waals surface area (Å²) in [5.41, 5.74) is 3.38. The first-order valence-electron chi connectivity index (χ1n) is 15.3. The van der Waals surface area contributed by atoms with Gasteiger partial charge in [0, 0.05) is 54.6 Å². The number of carbonyl (C=O) groups is 3. The summed E-state index contributed by atoms with van der Waals surface area (Å²) in [4.78, 5) is 40.0. The van der Waals surface area contributed by atoms with Crippen molar-refractivity contribution in [3.63, 3.8) is 0 Å². The Bertz CT molecular complexity index is 1800. The van der Waals surface area contributed by atoms with E-state index in [9.17, 15) is 33.4 Å². The van der Waals surface area contributed by atoms with Crippen LogP contribution in [0.3, 0.4) is 0 Å². The van der Waals surface area contributed by atoms with Gasteiger partial charge in [0.25, 0.3) is 11.8 Å². The number of aromatic nitrogens is 1. The highest BCUT2D eigenvalue weighted by atomic mass is 19.1. The number of anilines is 1. The molecule has 0 aliphatic heterocycles. The second-order valence-electron chi connectivity index (χ2n) is 11.8. The molecule has 0 aliphatic rings. The SMILES string of the molecule is COC(=O)C[C@H](O)C[C@H](O)/C=C\c1c(-c2ccc(F)cc2)c(-c2ccc(F)cc2)c(C(=O)Nc2cccc(C(=O)N(C)C)c2)n1C(C)C. The minimum atomic E-state index is -1.19. The third kappa shape index (κ3) is 8.41. The van der Waals surface area contributed by atoms with Gasteiger partial charge in [-0.05, 0) is 73.5 Å². The van der Waals surface area contributed by atoms with Crippen molar-refractivity contribution >= 4 is 29.5 Å². The highest BCUT2D eigenvalue weighted by Crippen LogP contribution is 2.43. The number of carbonyl (C=O) groups excluding carboxylic acids is 3. The van der Waals surface area contributed by atoms with Gasteiger partial charge in [-0.15, -0.1) is 0 Å². The van der Waals surface area contributed by atoms with Crippen molar-refractivity contribution in [1.82, 2.24) is 9.47 Å². The lowest BCUT2D eigenvalue weighted by Crippen LogP contribution is -2.22. The summed E-state index contributed by atoms with van der Waals surface area (Å²) in [7, 11) is 4.46. The van der Waals surface area contributed by atoms with Crippen molar-refractivity contribution in [3.8, 4) is 22.3 Å². The normalized spacial score (nSPS) is 12.6.